The number of rotatable bonds is 8. The van der Waals surface area contributed by atoms with Gasteiger partial charge in [-0.3, -0.25) is 0 Å². The third-order valence-electron chi connectivity index (χ3n) is 2.31. The molecule has 3 unspecified atom stereocenters. The Balaban J connectivity index is 3.49. The maximum absolute atomic E-state index is 4.57. The molecule has 0 nitrogen and oxygen atoms in total. The quantitative estimate of drug-likeness (QED) is 0.474. The minimum Gasteiger partial charge on any atom is -0.179 e. The molecule has 86 valence electrons. The van der Waals surface area contributed by atoms with Gasteiger partial charge < -0.3 is 0 Å². The summed E-state index contributed by atoms with van der Waals surface area (Å²) in [4.78, 5) is 0. The molecule has 0 radical (unpaired) electrons. The van der Waals surface area contributed by atoms with Crippen molar-refractivity contribution in [3.8, 4) is 0 Å². The first kappa shape index (κ1) is 15.4. The largest absolute Gasteiger partial charge is 0.179 e. The average molecular weight is 271 g/mol. The summed E-state index contributed by atoms with van der Waals surface area (Å²) in [5, 5.41) is 1.46. The fraction of sp³-hybridized carbons (Fsp3) is 1.00. The third-order valence-corrected chi connectivity index (χ3v) is 4.13. The molecule has 14 heavy (non-hydrogen) atoms. The van der Waals surface area contributed by atoms with Gasteiger partial charge in [-0.2, -0.15) is 50.5 Å². The SMILES string of the molecule is CCC(S)CCC(S)CC(S)CCS. The van der Waals surface area contributed by atoms with Crippen molar-refractivity contribution in [1.29, 1.82) is 0 Å². The Bertz CT molecular complexity index is 129. The van der Waals surface area contributed by atoms with E-state index in [1.54, 1.807) is 0 Å². The van der Waals surface area contributed by atoms with Crippen molar-refractivity contribution in [2.24, 2.45) is 0 Å². The van der Waals surface area contributed by atoms with Gasteiger partial charge in [0.1, 0.15) is 0 Å². The zero-order valence-corrected chi connectivity index (χ0v) is 12.3. The second-order valence-corrected chi connectivity index (χ2v) is 6.33. The molecule has 4 heteroatoms. The van der Waals surface area contributed by atoms with E-state index in [0.717, 1.165) is 37.9 Å². The highest BCUT2D eigenvalue weighted by atomic mass is 32.1. The van der Waals surface area contributed by atoms with Crippen LogP contribution < -0.4 is 0 Å². The first-order valence-corrected chi connectivity index (χ1v) is 7.43. The van der Waals surface area contributed by atoms with E-state index in [-0.39, 0.29) is 0 Å². The zero-order valence-electron chi connectivity index (χ0n) is 8.76. The maximum atomic E-state index is 4.57. The molecule has 0 N–H and O–H groups in total. The molecule has 0 spiro atoms. The molecule has 0 bridgehead atoms. The van der Waals surface area contributed by atoms with Crippen LogP contribution in [-0.2, 0) is 0 Å². The van der Waals surface area contributed by atoms with Crippen molar-refractivity contribution in [2.45, 2.75) is 54.8 Å². The Kier molecular flexibility index (Phi) is 10.6. The standard InChI is InChI=1S/C10H22S4/c1-2-8(12)3-4-9(13)7-10(14)5-6-11/h8-14H,2-7H2,1H3. The molecular formula is C10H22S4. The van der Waals surface area contributed by atoms with Gasteiger partial charge in [0.25, 0.3) is 0 Å². The highest BCUT2D eigenvalue weighted by Gasteiger charge is 2.11. The van der Waals surface area contributed by atoms with Gasteiger partial charge in [-0.15, -0.1) is 0 Å². The lowest BCUT2D eigenvalue weighted by atomic mass is 10.1. The summed E-state index contributed by atoms with van der Waals surface area (Å²) in [5.74, 6) is 0.915. The molecule has 0 amide bonds. The average Bonchev–Trinajstić information content (AvgIpc) is 2.14. The molecule has 0 fully saturated rings. The van der Waals surface area contributed by atoms with Crippen LogP contribution >= 0.6 is 50.5 Å². The summed E-state index contributed by atoms with van der Waals surface area (Å²) in [6.07, 6.45) is 5.60. The van der Waals surface area contributed by atoms with Gasteiger partial charge in [0.05, 0.1) is 0 Å². The van der Waals surface area contributed by atoms with E-state index >= 15 is 0 Å². The summed E-state index contributed by atoms with van der Waals surface area (Å²) in [6, 6.07) is 0. The van der Waals surface area contributed by atoms with Crippen molar-refractivity contribution in [3.05, 3.63) is 0 Å². The fourth-order valence-electron chi connectivity index (χ4n) is 1.29. The van der Waals surface area contributed by atoms with Crippen LogP contribution in [0.5, 0.6) is 0 Å². The van der Waals surface area contributed by atoms with Crippen molar-refractivity contribution < 1.29 is 0 Å². The van der Waals surface area contributed by atoms with Crippen LogP contribution in [0.15, 0.2) is 0 Å². The van der Waals surface area contributed by atoms with E-state index in [0.29, 0.717) is 15.7 Å². The summed E-state index contributed by atoms with van der Waals surface area (Å²) < 4.78 is 0. The second-order valence-electron chi connectivity index (χ2n) is 3.70. The molecular weight excluding hydrogens is 248 g/mol. The fourth-order valence-corrected chi connectivity index (χ4v) is 2.91. The van der Waals surface area contributed by atoms with Crippen LogP contribution in [0.4, 0.5) is 0 Å². The van der Waals surface area contributed by atoms with Crippen LogP contribution in [-0.4, -0.2) is 21.5 Å². The first-order chi connectivity index (χ1) is 6.60. The summed E-state index contributed by atoms with van der Waals surface area (Å²) in [5.41, 5.74) is 0. The number of hydrogen-bond acceptors (Lipinski definition) is 4. The monoisotopic (exact) mass is 270 g/mol. The second kappa shape index (κ2) is 9.61. The van der Waals surface area contributed by atoms with Crippen molar-refractivity contribution in [2.75, 3.05) is 5.75 Å². The molecule has 3 atom stereocenters. The molecule has 0 rings (SSSR count). The molecule has 0 aromatic heterocycles. The van der Waals surface area contributed by atoms with Crippen LogP contribution in [0.25, 0.3) is 0 Å². The van der Waals surface area contributed by atoms with Crippen molar-refractivity contribution >= 4 is 50.5 Å². The lowest BCUT2D eigenvalue weighted by Gasteiger charge is -2.16. The number of thiol groups is 4. The Morgan fingerprint density at radius 1 is 0.857 bits per heavy atom. The van der Waals surface area contributed by atoms with Crippen LogP contribution in [0.3, 0.4) is 0 Å². The van der Waals surface area contributed by atoms with E-state index in [1.165, 1.54) is 0 Å². The molecule has 0 aliphatic heterocycles. The third kappa shape index (κ3) is 8.69. The molecule has 0 aliphatic rings. The van der Waals surface area contributed by atoms with Crippen LogP contribution in [0.1, 0.15) is 39.0 Å². The Labute approximate surface area is 111 Å². The van der Waals surface area contributed by atoms with Gasteiger partial charge in [-0.05, 0) is 37.9 Å². The zero-order chi connectivity index (χ0) is 11.0. The summed E-state index contributed by atoms with van der Waals surface area (Å²) >= 11 is 17.7. The van der Waals surface area contributed by atoms with Gasteiger partial charge in [0, 0.05) is 15.7 Å². The minimum atomic E-state index is 0.454. The lowest BCUT2D eigenvalue weighted by molar-refractivity contribution is 0.618. The highest BCUT2D eigenvalue weighted by Crippen LogP contribution is 2.20. The first-order valence-electron chi connectivity index (χ1n) is 5.25. The summed E-state index contributed by atoms with van der Waals surface area (Å²) in [7, 11) is 0. The minimum absolute atomic E-state index is 0.454. The van der Waals surface area contributed by atoms with Crippen molar-refractivity contribution in [1.82, 2.24) is 0 Å². The topological polar surface area (TPSA) is 0 Å². The molecule has 0 heterocycles. The molecule has 0 saturated heterocycles. The Morgan fingerprint density at radius 2 is 1.36 bits per heavy atom. The van der Waals surface area contributed by atoms with Gasteiger partial charge in [0.15, 0.2) is 0 Å². The van der Waals surface area contributed by atoms with E-state index in [9.17, 15) is 0 Å². The predicted molar refractivity (Wildman–Crippen MR) is 80.9 cm³/mol. The van der Waals surface area contributed by atoms with E-state index in [1.807, 2.05) is 0 Å². The Hall–Kier alpha value is 1.40. The van der Waals surface area contributed by atoms with Gasteiger partial charge >= 0.3 is 0 Å². The van der Waals surface area contributed by atoms with Gasteiger partial charge in [-0.1, -0.05) is 6.92 Å². The Morgan fingerprint density at radius 3 is 1.86 bits per heavy atom. The van der Waals surface area contributed by atoms with Crippen LogP contribution in [0, 0.1) is 0 Å². The predicted octanol–water partition coefficient (Wildman–Crippen LogP) is 3.78. The van der Waals surface area contributed by atoms with E-state index < -0.39 is 0 Å². The maximum Gasteiger partial charge on any atom is 0.00349 e. The van der Waals surface area contributed by atoms with E-state index in [2.05, 4.69) is 57.4 Å². The molecule has 0 aromatic carbocycles. The molecule has 0 saturated carbocycles. The smallest absolute Gasteiger partial charge is 0.00349 e. The van der Waals surface area contributed by atoms with Crippen molar-refractivity contribution in [3.63, 3.8) is 0 Å². The molecule has 0 aromatic rings. The van der Waals surface area contributed by atoms with Crippen LogP contribution in [0.2, 0.25) is 0 Å². The lowest BCUT2D eigenvalue weighted by Crippen LogP contribution is -2.11. The van der Waals surface area contributed by atoms with Gasteiger partial charge in [-0.25, -0.2) is 0 Å². The number of hydrogen-bond donors (Lipinski definition) is 4. The highest BCUT2D eigenvalue weighted by molar-refractivity contribution is 7.82. The summed E-state index contributed by atoms with van der Waals surface area (Å²) in [6.45, 7) is 2.17. The molecule has 0 aliphatic carbocycles. The van der Waals surface area contributed by atoms with Gasteiger partial charge in [0.2, 0.25) is 0 Å². The van der Waals surface area contributed by atoms with E-state index in [4.69, 9.17) is 0 Å². The normalized spacial score (nSPS) is 17.8.